The molecule has 1 aromatic rings. The van der Waals surface area contributed by atoms with Gasteiger partial charge in [0.2, 0.25) is 17.7 Å². The van der Waals surface area contributed by atoms with Gasteiger partial charge in [0, 0.05) is 0 Å². The van der Waals surface area contributed by atoms with Crippen LogP contribution in [-0.2, 0) is 25.6 Å². The van der Waals surface area contributed by atoms with Crippen LogP contribution in [0, 0.1) is 11.8 Å². The molecule has 0 aliphatic rings. The SMILES string of the molecule is CC(C)C[C@H](NC(=O)[C@@H](N)C(C)C)C(=O)NCC(=O)N[C@H](C=O)Cc1ccccc1. The minimum Gasteiger partial charge on any atom is -0.345 e. The fraction of sp³-hybridized carbons (Fsp3) is 0.545. The summed E-state index contributed by atoms with van der Waals surface area (Å²) in [5, 5.41) is 7.80. The molecule has 0 aliphatic carbocycles. The molecule has 8 nitrogen and oxygen atoms in total. The molecule has 0 aliphatic heterocycles. The largest absolute Gasteiger partial charge is 0.345 e. The quantitative estimate of drug-likeness (QED) is 0.368. The van der Waals surface area contributed by atoms with E-state index in [-0.39, 0.29) is 18.4 Å². The zero-order valence-corrected chi connectivity index (χ0v) is 18.2. The lowest BCUT2D eigenvalue weighted by molar-refractivity contribution is -0.131. The van der Waals surface area contributed by atoms with Crippen LogP contribution in [0.4, 0.5) is 0 Å². The highest BCUT2D eigenvalue weighted by Gasteiger charge is 2.26. The maximum atomic E-state index is 12.5. The van der Waals surface area contributed by atoms with Crippen molar-refractivity contribution in [1.82, 2.24) is 16.0 Å². The first-order chi connectivity index (χ1) is 14.1. The van der Waals surface area contributed by atoms with Gasteiger partial charge in [-0.3, -0.25) is 14.4 Å². The lowest BCUT2D eigenvalue weighted by Gasteiger charge is -2.23. The molecule has 0 aromatic heterocycles. The summed E-state index contributed by atoms with van der Waals surface area (Å²) < 4.78 is 0. The summed E-state index contributed by atoms with van der Waals surface area (Å²) in [7, 11) is 0. The van der Waals surface area contributed by atoms with Crippen molar-refractivity contribution < 1.29 is 19.2 Å². The third kappa shape index (κ3) is 9.17. The van der Waals surface area contributed by atoms with Crippen molar-refractivity contribution in [2.45, 2.75) is 58.7 Å². The van der Waals surface area contributed by atoms with Crippen LogP contribution in [0.1, 0.15) is 39.7 Å². The average Bonchev–Trinajstić information content (AvgIpc) is 2.70. The van der Waals surface area contributed by atoms with Gasteiger partial charge in [0.05, 0.1) is 18.6 Å². The van der Waals surface area contributed by atoms with Gasteiger partial charge in [0.15, 0.2) is 0 Å². The highest BCUT2D eigenvalue weighted by Crippen LogP contribution is 2.07. The maximum absolute atomic E-state index is 12.5. The predicted molar refractivity (Wildman–Crippen MR) is 115 cm³/mol. The minimum absolute atomic E-state index is 0.0663. The van der Waals surface area contributed by atoms with Crippen molar-refractivity contribution in [2.75, 3.05) is 6.54 Å². The fourth-order valence-corrected chi connectivity index (χ4v) is 2.82. The summed E-state index contributed by atoms with van der Waals surface area (Å²) >= 11 is 0. The number of aldehydes is 1. The van der Waals surface area contributed by atoms with E-state index in [0.717, 1.165) is 5.56 Å². The number of hydrogen-bond acceptors (Lipinski definition) is 5. The monoisotopic (exact) mass is 418 g/mol. The maximum Gasteiger partial charge on any atom is 0.243 e. The summed E-state index contributed by atoms with van der Waals surface area (Å²) in [6, 6.07) is 7.11. The lowest BCUT2D eigenvalue weighted by atomic mass is 10.0. The standard InChI is InChI=1S/C22H34N4O4/c1-14(2)10-18(26-22(30)20(23)15(3)4)21(29)24-12-19(28)25-17(13-27)11-16-8-6-5-7-9-16/h5-9,13-15,17-18,20H,10-12,23H2,1-4H3,(H,24,29)(H,25,28)(H,26,30)/t17-,18-,20-/m0/s1. The molecular weight excluding hydrogens is 384 g/mol. The molecule has 0 fully saturated rings. The number of amides is 3. The van der Waals surface area contributed by atoms with Crippen LogP contribution in [0.25, 0.3) is 0 Å². The van der Waals surface area contributed by atoms with E-state index < -0.39 is 35.8 Å². The Bertz CT molecular complexity index is 706. The van der Waals surface area contributed by atoms with Crippen molar-refractivity contribution in [3.05, 3.63) is 35.9 Å². The molecule has 0 saturated carbocycles. The van der Waals surface area contributed by atoms with Crippen LogP contribution >= 0.6 is 0 Å². The third-order valence-corrected chi connectivity index (χ3v) is 4.59. The number of carbonyl (C=O) groups is 4. The molecule has 0 heterocycles. The molecule has 3 atom stereocenters. The van der Waals surface area contributed by atoms with Crippen LogP contribution in [0.3, 0.4) is 0 Å². The van der Waals surface area contributed by atoms with Gasteiger partial charge >= 0.3 is 0 Å². The number of benzene rings is 1. The van der Waals surface area contributed by atoms with Gasteiger partial charge in [-0.05, 0) is 30.2 Å². The molecule has 1 aromatic carbocycles. The van der Waals surface area contributed by atoms with Crippen LogP contribution in [-0.4, -0.2) is 48.7 Å². The second-order valence-electron chi connectivity index (χ2n) is 8.18. The number of rotatable bonds is 12. The first-order valence-corrected chi connectivity index (χ1v) is 10.3. The summed E-state index contributed by atoms with van der Waals surface area (Å²) in [4.78, 5) is 48.3. The Kier molecular flexibility index (Phi) is 10.7. The molecule has 0 spiro atoms. The van der Waals surface area contributed by atoms with E-state index >= 15 is 0 Å². The van der Waals surface area contributed by atoms with Gasteiger partial charge in [-0.15, -0.1) is 0 Å². The van der Waals surface area contributed by atoms with Gasteiger partial charge in [-0.25, -0.2) is 0 Å². The number of nitrogens with two attached hydrogens (primary N) is 1. The molecule has 3 amide bonds. The van der Waals surface area contributed by atoms with E-state index in [1.807, 2.05) is 58.0 Å². The molecule has 0 saturated heterocycles. The predicted octanol–water partition coefficient (Wildman–Crippen LogP) is 0.543. The van der Waals surface area contributed by atoms with Gasteiger partial charge in [0.1, 0.15) is 12.3 Å². The third-order valence-electron chi connectivity index (χ3n) is 4.59. The highest BCUT2D eigenvalue weighted by molar-refractivity contribution is 5.92. The van der Waals surface area contributed by atoms with Crippen molar-refractivity contribution in [3.8, 4) is 0 Å². The van der Waals surface area contributed by atoms with Gasteiger partial charge in [-0.2, -0.15) is 0 Å². The molecular formula is C22H34N4O4. The smallest absolute Gasteiger partial charge is 0.243 e. The van der Waals surface area contributed by atoms with Crippen LogP contribution < -0.4 is 21.7 Å². The zero-order valence-electron chi connectivity index (χ0n) is 18.2. The molecule has 5 N–H and O–H groups in total. The normalized spacial score (nSPS) is 14.0. The molecule has 0 unspecified atom stereocenters. The van der Waals surface area contributed by atoms with Crippen molar-refractivity contribution >= 4 is 24.0 Å². The van der Waals surface area contributed by atoms with Crippen LogP contribution in [0.15, 0.2) is 30.3 Å². The molecule has 30 heavy (non-hydrogen) atoms. The van der Waals surface area contributed by atoms with Crippen molar-refractivity contribution in [3.63, 3.8) is 0 Å². The Labute approximate surface area is 178 Å². The first kappa shape index (κ1) is 25.3. The average molecular weight is 419 g/mol. The Morgan fingerprint density at radius 3 is 2.17 bits per heavy atom. The van der Waals surface area contributed by atoms with Crippen molar-refractivity contribution in [1.29, 1.82) is 0 Å². The summed E-state index contributed by atoms with van der Waals surface area (Å²) in [5.74, 6) is -1.27. The highest BCUT2D eigenvalue weighted by atomic mass is 16.2. The van der Waals surface area contributed by atoms with Gasteiger partial charge < -0.3 is 26.5 Å². The van der Waals surface area contributed by atoms with Crippen LogP contribution in [0.5, 0.6) is 0 Å². The van der Waals surface area contributed by atoms with Gasteiger partial charge in [-0.1, -0.05) is 58.0 Å². The Balaban J connectivity index is 2.60. The Morgan fingerprint density at radius 2 is 1.63 bits per heavy atom. The van der Waals surface area contributed by atoms with E-state index in [2.05, 4.69) is 16.0 Å². The number of nitrogens with one attached hydrogen (secondary N) is 3. The van der Waals surface area contributed by atoms with Crippen LogP contribution in [0.2, 0.25) is 0 Å². The second-order valence-corrected chi connectivity index (χ2v) is 8.18. The van der Waals surface area contributed by atoms with E-state index in [1.165, 1.54) is 0 Å². The molecule has 0 radical (unpaired) electrons. The molecule has 1 rings (SSSR count). The number of carbonyl (C=O) groups excluding carboxylic acids is 4. The fourth-order valence-electron chi connectivity index (χ4n) is 2.82. The van der Waals surface area contributed by atoms with Gasteiger partial charge in [0.25, 0.3) is 0 Å². The summed E-state index contributed by atoms with van der Waals surface area (Å²) in [5.41, 5.74) is 6.77. The Morgan fingerprint density at radius 1 is 1.00 bits per heavy atom. The summed E-state index contributed by atoms with van der Waals surface area (Å²) in [6.07, 6.45) is 1.44. The van der Waals surface area contributed by atoms with E-state index in [1.54, 1.807) is 0 Å². The molecule has 166 valence electrons. The zero-order chi connectivity index (χ0) is 22.7. The second kappa shape index (κ2) is 12.7. The van der Waals surface area contributed by atoms with Crippen molar-refractivity contribution in [2.24, 2.45) is 17.6 Å². The number of hydrogen-bond donors (Lipinski definition) is 4. The molecule has 0 bridgehead atoms. The lowest BCUT2D eigenvalue weighted by Crippen LogP contribution is -2.54. The van der Waals surface area contributed by atoms with E-state index in [9.17, 15) is 19.2 Å². The summed E-state index contributed by atoms with van der Waals surface area (Å²) in [6.45, 7) is 7.22. The first-order valence-electron chi connectivity index (χ1n) is 10.3. The molecule has 8 heteroatoms. The van der Waals surface area contributed by atoms with E-state index in [4.69, 9.17) is 5.73 Å². The topological polar surface area (TPSA) is 130 Å². The Hall–Kier alpha value is -2.74. The van der Waals surface area contributed by atoms with E-state index in [0.29, 0.717) is 19.1 Å². The minimum atomic E-state index is -0.790.